The summed E-state index contributed by atoms with van der Waals surface area (Å²) in [6.45, 7) is 2.28. The van der Waals surface area contributed by atoms with Crippen molar-refractivity contribution in [3.8, 4) is 0 Å². The first-order chi connectivity index (χ1) is 8.90. The summed E-state index contributed by atoms with van der Waals surface area (Å²) in [5.41, 5.74) is 4.34. The van der Waals surface area contributed by atoms with E-state index in [4.69, 9.17) is 5.32 Å². The van der Waals surface area contributed by atoms with Crippen LogP contribution in [-0.2, 0) is 0 Å². The normalized spacial score (nSPS) is 18.6. The van der Waals surface area contributed by atoms with Crippen molar-refractivity contribution in [1.82, 2.24) is 5.32 Å². The minimum atomic E-state index is 1.21. The highest BCUT2D eigenvalue weighted by Crippen LogP contribution is 2.32. The van der Waals surface area contributed by atoms with Crippen LogP contribution in [0.25, 0.3) is 0 Å². The summed E-state index contributed by atoms with van der Waals surface area (Å²) in [7, 11) is 0. The van der Waals surface area contributed by atoms with Gasteiger partial charge in [0.05, 0.1) is 0 Å². The molecule has 0 aromatic heterocycles. The van der Waals surface area contributed by atoms with Crippen LogP contribution in [0, 0.1) is 0 Å². The van der Waals surface area contributed by atoms with Gasteiger partial charge in [0, 0.05) is 11.4 Å². The highest BCUT2D eigenvalue weighted by Gasteiger charge is 2.19. The van der Waals surface area contributed by atoms with Crippen LogP contribution >= 0.6 is 0 Å². The number of unbranched alkanes of at least 4 members (excludes halogenated alkanes) is 6. The molecular weight excluding hydrogens is 218 g/mol. The molecule has 0 saturated carbocycles. The van der Waals surface area contributed by atoms with Gasteiger partial charge in [0.25, 0.3) is 0 Å². The zero-order valence-electron chi connectivity index (χ0n) is 12.0. The fraction of sp³-hybridized carbons (Fsp3) is 0.765. The van der Waals surface area contributed by atoms with Crippen LogP contribution < -0.4 is 5.32 Å². The maximum Gasteiger partial charge on any atom is 0.0439 e. The van der Waals surface area contributed by atoms with Crippen LogP contribution in [-0.4, -0.2) is 0 Å². The number of rotatable bonds is 8. The molecule has 1 aliphatic heterocycles. The average Bonchev–Trinajstić information content (AvgIpc) is 2.80. The molecule has 1 nitrogen and oxygen atoms in total. The van der Waals surface area contributed by atoms with Crippen molar-refractivity contribution in [2.24, 2.45) is 0 Å². The van der Waals surface area contributed by atoms with Crippen molar-refractivity contribution in [3.05, 3.63) is 23.0 Å². The van der Waals surface area contributed by atoms with Crippen molar-refractivity contribution in [2.75, 3.05) is 0 Å². The van der Waals surface area contributed by atoms with Gasteiger partial charge in [0.15, 0.2) is 0 Å². The lowest BCUT2D eigenvalue weighted by Crippen LogP contribution is -2.03. The van der Waals surface area contributed by atoms with E-state index in [2.05, 4.69) is 13.0 Å². The molecule has 1 radical (unpaired) electrons. The summed E-state index contributed by atoms with van der Waals surface area (Å²) < 4.78 is 0. The first-order valence-electron chi connectivity index (χ1n) is 8.04. The van der Waals surface area contributed by atoms with E-state index in [9.17, 15) is 0 Å². The summed E-state index contributed by atoms with van der Waals surface area (Å²) in [6.07, 6.45) is 18.6. The highest BCUT2D eigenvalue weighted by molar-refractivity contribution is 5.37. The van der Waals surface area contributed by atoms with Crippen molar-refractivity contribution in [2.45, 2.75) is 84.0 Å². The molecule has 18 heavy (non-hydrogen) atoms. The average molecular weight is 246 g/mol. The van der Waals surface area contributed by atoms with E-state index in [1.54, 1.807) is 5.57 Å². The molecule has 2 aliphatic rings. The molecule has 0 amide bonds. The first-order valence-corrected chi connectivity index (χ1v) is 8.04. The Morgan fingerprint density at radius 1 is 0.944 bits per heavy atom. The van der Waals surface area contributed by atoms with Gasteiger partial charge in [0.1, 0.15) is 0 Å². The van der Waals surface area contributed by atoms with Crippen LogP contribution in [0.2, 0.25) is 0 Å². The van der Waals surface area contributed by atoms with Crippen molar-refractivity contribution < 1.29 is 0 Å². The first kappa shape index (κ1) is 13.7. The Hall–Kier alpha value is -0.720. The Labute approximate surface area is 113 Å². The molecule has 0 aromatic carbocycles. The third-order valence-electron chi connectivity index (χ3n) is 4.14. The van der Waals surface area contributed by atoms with Crippen LogP contribution in [0.5, 0.6) is 0 Å². The molecule has 0 unspecified atom stereocenters. The van der Waals surface area contributed by atoms with Gasteiger partial charge < -0.3 is 0 Å². The van der Waals surface area contributed by atoms with Crippen molar-refractivity contribution >= 4 is 0 Å². The number of hydrogen-bond acceptors (Lipinski definition) is 0. The maximum atomic E-state index is 4.80. The van der Waals surface area contributed by atoms with Gasteiger partial charge in [0.2, 0.25) is 0 Å². The number of nitrogens with zero attached hydrogens (tertiary/aromatic N) is 1. The Balaban J connectivity index is 1.53. The lowest BCUT2D eigenvalue weighted by molar-refractivity contribution is 0.582. The van der Waals surface area contributed by atoms with Gasteiger partial charge in [-0.05, 0) is 50.2 Å². The summed E-state index contributed by atoms with van der Waals surface area (Å²) in [5, 5.41) is 4.80. The SMILES string of the molecule is CCCCCCCCCC1=CC2=C(CCCC2)[N]1. The summed E-state index contributed by atoms with van der Waals surface area (Å²) in [5.74, 6) is 0. The lowest BCUT2D eigenvalue weighted by Gasteiger charge is -2.11. The monoisotopic (exact) mass is 246 g/mol. The summed E-state index contributed by atoms with van der Waals surface area (Å²) in [4.78, 5) is 0. The molecule has 2 rings (SSSR count). The van der Waals surface area contributed by atoms with E-state index < -0.39 is 0 Å². The van der Waals surface area contributed by atoms with Gasteiger partial charge in [-0.25, -0.2) is 0 Å². The van der Waals surface area contributed by atoms with Crippen molar-refractivity contribution in [3.63, 3.8) is 0 Å². The highest BCUT2D eigenvalue weighted by atomic mass is 14.9. The Morgan fingerprint density at radius 2 is 1.67 bits per heavy atom. The summed E-state index contributed by atoms with van der Waals surface area (Å²) in [6, 6.07) is 0. The number of allylic oxidation sites excluding steroid dienone is 4. The third kappa shape index (κ3) is 4.19. The zero-order chi connectivity index (χ0) is 12.6. The van der Waals surface area contributed by atoms with Crippen LogP contribution in [0.15, 0.2) is 23.0 Å². The number of hydrogen-bond donors (Lipinski definition) is 0. The molecule has 0 aromatic rings. The molecule has 0 saturated heterocycles. The van der Waals surface area contributed by atoms with E-state index >= 15 is 0 Å². The molecule has 0 spiro atoms. The molecule has 101 valence electrons. The van der Waals surface area contributed by atoms with E-state index in [1.807, 2.05) is 0 Å². The second-order valence-electron chi connectivity index (χ2n) is 5.80. The standard InChI is InChI=1S/C17H28N/c1-2-3-4-5-6-7-8-12-16-14-15-11-9-10-13-17(15)18-16/h14H,2-13H2,1H3. The van der Waals surface area contributed by atoms with Crippen molar-refractivity contribution in [1.29, 1.82) is 0 Å². The van der Waals surface area contributed by atoms with E-state index in [0.29, 0.717) is 0 Å². The second kappa shape index (κ2) is 7.66. The molecule has 0 atom stereocenters. The second-order valence-corrected chi connectivity index (χ2v) is 5.80. The molecule has 0 fully saturated rings. The molecular formula is C17H28N. The van der Waals surface area contributed by atoms with Gasteiger partial charge in [-0.2, -0.15) is 0 Å². The van der Waals surface area contributed by atoms with Crippen LogP contribution in [0.1, 0.15) is 84.0 Å². The Bertz CT molecular complexity index is 312. The fourth-order valence-corrected chi connectivity index (χ4v) is 2.99. The minimum Gasteiger partial charge on any atom is -0.258 e. The van der Waals surface area contributed by atoms with Gasteiger partial charge in [-0.3, -0.25) is 5.32 Å². The quantitative estimate of drug-likeness (QED) is 0.505. The summed E-state index contributed by atoms with van der Waals surface area (Å²) >= 11 is 0. The van der Waals surface area contributed by atoms with Crippen LogP contribution in [0.4, 0.5) is 0 Å². The topological polar surface area (TPSA) is 14.1 Å². The minimum absolute atomic E-state index is 1.21. The van der Waals surface area contributed by atoms with E-state index in [0.717, 1.165) is 0 Å². The molecule has 1 heterocycles. The molecule has 0 N–H and O–H groups in total. The van der Waals surface area contributed by atoms with Gasteiger partial charge in [-0.15, -0.1) is 0 Å². The predicted octanol–water partition coefficient (Wildman–Crippen LogP) is 5.46. The Kier molecular flexibility index (Phi) is 5.83. The zero-order valence-corrected chi connectivity index (χ0v) is 12.0. The predicted molar refractivity (Wildman–Crippen MR) is 78.3 cm³/mol. The van der Waals surface area contributed by atoms with Gasteiger partial charge in [-0.1, -0.05) is 45.4 Å². The maximum absolute atomic E-state index is 4.80. The molecule has 1 aliphatic carbocycles. The largest absolute Gasteiger partial charge is 0.258 e. The van der Waals surface area contributed by atoms with Crippen LogP contribution in [0.3, 0.4) is 0 Å². The fourth-order valence-electron chi connectivity index (χ4n) is 2.99. The molecule has 1 heteroatoms. The Morgan fingerprint density at radius 3 is 2.44 bits per heavy atom. The van der Waals surface area contributed by atoms with E-state index in [1.165, 1.54) is 88.4 Å². The molecule has 0 bridgehead atoms. The lowest BCUT2D eigenvalue weighted by atomic mass is 9.98. The third-order valence-corrected chi connectivity index (χ3v) is 4.14. The smallest absolute Gasteiger partial charge is 0.0439 e. The van der Waals surface area contributed by atoms with Gasteiger partial charge >= 0.3 is 0 Å². The van der Waals surface area contributed by atoms with E-state index in [-0.39, 0.29) is 0 Å².